The van der Waals surface area contributed by atoms with Crippen molar-refractivity contribution in [3.63, 3.8) is 0 Å². The molecule has 0 spiro atoms. The highest BCUT2D eigenvalue weighted by atomic mass is 79.9. The van der Waals surface area contributed by atoms with Gasteiger partial charge in [-0.1, -0.05) is 36.9 Å². The maximum atomic E-state index is 9.88. The Kier molecular flexibility index (Phi) is 3.81. The topological polar surface area (TPSA) is 54.2 Å². The largest absolute Gasteiger partial charge is 0.503 e. The standard InChI is InChI=1S/C17H13BrN2O2/c1-10-15(11-6-4-3-5-7-11)20-17(19-10)12-8-13(18)16(21)14(9-12)22-2/h3-9,21H,1H2,2H3. The third kappa shape index (κ3) is 2.55. The molecule has 0 aromatic heterocycles. The summed E-state index contributed by atoms with van der Waals surface area (Å²) in [6.45, 7) is 3.96. The van der Waals surface area contributed by atoms with Crippen LogP contribution in [0.2, 0.25) is 0 Å². The minimum atomic E-state index is 0.0518. The molecule has 1 heterocycles. The van der Waals surface area contributed by atoms with Gasteiger partial charge in [0.05, 0.1) is 23.0 Å². The van der Waals surface area contributed by atoms with Crippen molar-refractivity contribution in [2.45, 2.75) is 0 Å². The summed E-state index contributed by atoms with van der Waals surface area (Å²) in [5.74, 6) is 0.958. The number of halogens is 1. The van der Waals surface area contributed by atoms with Crippen LogP contribution in [0.4, 0.5) is 0 Å². The Balaban J connectivity index is 2.04. The second-order valence-electron chi connectivity index (χ2n) is 4.72. The average molecular weight is 357 g/mol. The van der Waals surface area contributed by atoms with E-state index < -0.39 is 0 Å². The number of rotatable bonds is 3. The van der Waals surface area contributed by atoms with Crippen LogP contribution in [0.5, 0.6) is 11.5 Å². The number of phenols is 1. The number of allylic oxidation sites excluding steroid dienone is 1. The minimum absolute atomic E-state index is 0.0518. The van der Waals surface area contributed by atoms with Crippen molar-refractivity contribution in [3.05, 3.63) is 70.3 Å². The highest BCUT2D eigenvalue weighted by molar-refractivity contribution is 9.10. The van der Waals surface area contributed by atoms with Crippen molar-refractivity contribution in [1.82, 2.24) is 0 Å². The van der Waals surface area contributed by atoms with Crippen LogP contribution in [0.3, 0.4) is 0 Å². The summed E-state index contributed by atoms with van der Waals surface area (Å²) in [6.07, 6.45) is 0. The minimum Gasteiger partial charge on any atom is -0.503 e. The lowest BCUT2D eigenvalue weighted by Crippen LogP contribution is -2.00. The molecule has 5 heteroatoms. The molecule has 2 aromatic rings. The van der Waals surface area contributed by atoms with Crippen molar-refractivity contribution < 1.29 is 9.84 Å². The van der Waals surface area contributed by atoms with Crippen molar-refractivity contribution in [3.8, 4) is 11.5 Å². The van der Waals surface area contributed by atoms with Crippen molar-refractivity contribution in [2.75, 3.05) is 7.11 Å². The number of hydrogen-bond acceptors (Lipinski definition) is 4. The SMILES string of the molecule is C=C1N=C(c2cc(Br)c(O)c(OC)c2)N=C1c1ccccc1. The van der Waals surface area contributed by atoms with Crippen molar-refractivity contribution in [1.29, 1.82) is 0 Å². The lowest BCUT2D eigenvalue weighted by atomic mass is 10.1. The molecule has 3 rings (SSSR count). The zero-order valence-electron chi connectivity index (χ0n) is 11.9. The lowest BCUT2D eigenvalue weighted by molar-refractivity contribution is 0.372. The number of aromatic hydroxyl groups is 1. The van der Waals surface area contributed by atoms with E-state index in [9.17, 15) is 5.11 Å². The van der Waals surface area contributed by atoms with E-state index in [-0.39, 0.29) is 5.75 Å². The average Bonchev–Trinajstić information content (AvgIpc) is 2.92. The number of aliphatic imine (C=N–C) groups is 2. The third-order valence-electron chi connectivity index (χ3n) is 3.29. The van der Waals surface area contributed by atoms with Gasteiger partial charge in [0.15, 0.2) is 17.3 Å². The Morgan fingerprint density at radius 2 is 1.82 bits per heavy atom. The molecule has 0 saturated heterocycles. The first kappa shape index (κ1) is 14.5. The number of phenolic OH excluding ortho intramolecular Hbond substituents is 1. The highest BCUT2D eigenvalue weighted by Crippen LogP contribution is 2.36. The van der Waals surface area contributed by atoms with E-state index in [1.165, 1.54) is 7.11 Å². The van der Waals surface area contributed by atoms with E-state index in [1.807, 2.05) is 30.3 Å². The fraction of sp³-hybridized carbons (Fsp3) is 0.0588. The van der Waals surface area contributed by atoms with Gasteiger partial charge in [0, 0.05) is 11.1 Å². The van der Waals surface area contributed by atoms with Gasteiger partial charge >= 0.3 is 0 Å². The summed E-state index contributed by atoms with van der Waals surface area (Å²) >= 11 is 3.30. The Hall–Kier alpha value is -2.40. The molecule has 110 valence electrons. The number of benzene rings is 2. The normalized spacial score (nSPS) is 13.8. The van der Waals surface area contributed by atoms with Gasteiger partial charge in [0.25, 0.3) is 0 Å². The third-order valence-corrected chi connectivity index (χ3v) is 3.89. The van der Waals surface area contributed by atoms with E-state index in [0.717, 1.165) is 16.8 Å². The zero-order valence-corrected chi connectivity index (χ0v) is 13.5. The summed E-state index contributed by atoms with van der Waals surface area (Å²) in [6, 6.07) is 13.2. The Labute approximate surface area is 136 Å². The van der Waals surface area contributed by atoms with E-state index in [1.54, 1.807) is 12.1 Å². The molecular weight excluding hydrogens is 344 g/mol. The van der Waals surface area contributed by atoms with Crippen LogP contribution in [0.25, 0.3) is 0 Å². The van der Waals surface area contributed by atoms with Crippen LogP contribution in [0.15, 0.2) is 69.2 Å². The number of methoxy groups -OCH3 is 1. The summed E-state index contributed by atoms with van der Waals surface area (Å²) in [5.41, 5.74) is 3.08. The van der Waals surface area contributed by atoms with Crippen LogP contribution in [0.1, 0.15) is 11.1 Å². The highest BCUT2D eigenvalue weighted by Gasteiger charge is 2.19. The van der Waals surface area contributed by atoms with E-state index >= 15 is 0 Å². The first-order chi connectivity index (χ1) is 10.6. The summed E-state index contributed by atoms with van der Waals surface area (Å²) in [5, 5.41) is 9.88. The molecular formula is C17H13BrN2O2. The molecule has 1 aliphatic rings. The predicted octanol–water partition coefficient (Wildman–Crippen LogP) is 3.93. The lowest BCUT2D eigenvalue weighted by Gasteiger charge is -2.07. The summed E-state index contributed by atoms with van der Waals surface area (Å²) in [7, 11) is 1.50. The Bertz CT molecular complexity index is 811. The van der Waals surface area contributed by atoms with Crippen LogP contribution >= 0.6 is 15.9 Å². The van der Waals surface area contributed by atoms with Crippen LogP contribution in [0, 0.1) is 0 Å². The fourth-order valence-electron chi connectivity index (χ4n) is 2.19. The maximum Gasteiger partial charge on any atom is 0.172 e. The molecule has 0 bridgehead atoms. The van der Waals surface area contributed by atoms with Crippen LogP contribution < -0.4 is 4.74 Å². The smallest absolute Gasteiger partial charge is 0.172 e. The molecule has 4 nitrogen and oxygen atoms in total. The first-order valence-electron chi connectivity index (χ1n) is 6.59. The zero-order chi connectivity index (χ0) is 15.7. The quantitative estimate of drug-likeness (QED) is 0.905. The van der Waals surface area contributed by atoms with Gasteiger partial charge in [-0.2, -0.15) is 0 Å². The van der Waals surface area contributed by atoms with Crippen molar-refractivity contribution >= 4 is 27.5 Å². The van der Waals surface area contributed by atoms with Gasteiger partial charge in [-0.05, 0) is 28.1 Å². The predicted molar refractivity (Wildman–Crippen MR) is 91.0 cm³/mol. The van der Waals surface area contributed by atoms with Crippen molar-refractivity contribution in [2.24, 2.45) is 9.98 Å². The van der Waals surface area contributed by atoms with Gasteiger partial charge in [-0.15, -0.1) is 0 Å². The van der Waals surface area contributed by atoms with E-state index in [4.69, 9.17) is 4.74 Å². The van der Waals surface area contributed by atoms with Gasteiger partial charge in [-0.25, -0.2) is 9.98 Å². The Morgan fingerprint density at radius 1 is 1.09 bits per heavy atom. The maximum absolute atomic E-state index is 9.88. The number of ether oxygens (including phenoxy) is 1. The molecule has 0 saturated carbocycles. The van der Waals surface area contributed by atoms with E-state index in [2.05, 4.69) is 32.5 Å². The molecule has 2 aromatic carbocycles. The molecule has 0 atom stereocenters. The molecule has 0 aliphatic carbocycles. The summed E-state index contributed by atoms with van der Waals surface area (Å²) in [4.78, 5) is 8.99. The van der Waals surface area contributed by atoms with Gasteiger partial charge in [0.1, 0.15) is 0 Å². The molecule has 1 N–H and O–H groups in total. The molecule has 1 aliphatic heterocycles. The molecule has 22 heavy (non-hydrogen) atoms. The second-order valence-corrected chi connectivity index (χ2v) is 5.57. The van der Waals surface area contributed by atoms with E-state index in [0.29, 0.717) is 21.8 Å². The second kappa shape index (κ2) is 5.77. The first-order valence-corrected chi connectivity index (χ1v) is 7.38. The Morgan fingerprint density at radius 3 is 2.50 bits per heavy atom. The van der Waals surface area contributed by atoms with Gasteiger partial charge < -0.3 is 9.84 Å². The van der Waals surface area contributed by atoms with Gasteiger partial charge in [-0.3, -0.25) is 0 Å². The molecule has 0 amide bonds. The summed E-state index contributed by atoms with van der Waals surface area (Å²) < 4.78 is 5.68. The van der Waals surface area contributed by atoms with Gasteiger partial charge in [0.2, 0.25) is 0 Å². The molecule has 0 fully saturated rings. The van der Waals surface area contributed by atoms with Crippen LogP contribution in [-0.4, -0.2) is 23.8 Å². The number of nitrogens with zero attached hydrogens (tertiary/aromatic N) is 2. The number of amidine groups is 1. The monoisotopic (exact) mass is 356 g/mol. The molecule has 0 radical (unpaired) electrons. The fourth-order valence-corrected chi connectivity index (χ4v) is 2.63. The van der Waals surface area contributed by atoms with Crippen LogP contribution in [-0.2, 0) is 0 Å². The molecule has 0 unspecified atom stereocenters. The number of hydrogen-bond donors (Lipinski definition) is 1.